The molecule has 0 saturated carbocycles. The van der Waals surface area contributed by atoms with Crippen molar-refractivity contribution in [1.82, 2.24) is 34.3 Å². The van der Waals surface area contributed by atoms with Crippen LogP contribution in [-0.2, 0) is 6.54 Å². The molecule has 6 rings (SSSR count). The van der Waals surface area contributed by atoms with Gasteiger partial charge in [0, 0.05) is 49.5 Å². The van der Waals surface area contributed by atoms with Crippen LogP contribution in [0, 0.1) is 0 Å². The number of benzene rings is 1. The first-order valence-electron chi connectivity index (χ1n) is 12.4. The van der Waals surface area contributed by atoms with Crippen LogP contribution in [0.5, 0.6) is 0 Å². The van der Waals surface area contributed by atoms with Gasteiger partial charge in [-0.1, -0.05) is 18.2 Å². The molecule has 1 saturated heterocycles. The van der Waals surface area contributed by atoms with Crippen molar-refractivity contribution < 1.29 is 0 Å². The van der Waals surface area contributed by atoms with Crippen LogP contribution in [0.4, 0.5) is 11.8 Å². The van der Waals surface area contributed by atoms with Crippen molar-refractivity contribution in [1.29, 1.82) is 0 Å². The van der Waals surface area contributed by atoms with Gasteiger partial charge in [0.15, 0.2) is 17.0 Å². The van der Waals surface area contributed by atoms with Gasteiger partial charge in [-0.3, -0.25) is 4.98 Å². The second kappa shape index (κ2) is 9.19. The van der Waals surface area contributed by atoms with Gasteiger partial charge >= 0.3 is 0 Å². The summed E-state index contributed by atoms with van der Waals surface area (Å²) in [7, 11) is 0. The maximum Gasteiger partial charge on any atom is 0.229 e. The second-order valence-electron chi connectivity index (χ2n) is 9.60. The number of piperidine rings is 1. The molecule has 1 aliphatic rings. The Morgan fingerprint density at radius 3 is 2.75 bits per heavy atom. The van der Waals surface area contributed by atoms with Crippen molar-refractivity contribution in [3.63, 3.8) is 0 Å². The summed E-state index contributed by atoms with van der Waals surface area (Å²) >= 11 is 0. The number of para-hydroxylation sites is 1. The molecular weight excluding hydrogens is 452 g/mol. The highest BCUT2D eigenvalue weighted by atomic mass is 15.3. The summed E-state index contributed by atoms with van der Waals surface area (Å²) in [5.41, 5.74) is 10.7. The molecule has 36 heavy (non-hydrogen) atoms. The molecule has 0 amide bonds. The first-order chi connectivity index (χ1) is 17.6. The van der Waals surface area contributed by atoms with Gasteiger partial charge < -0.3 is 20.5 Å². The minimum Gasteiger partial charge on any atom is -0.364 e. The van der Waals surface area contributed by atoms with Crippen molar-refractivity contribution in [2.24, 2.45) is 5.73 Å². The Bertz CT molecular complexity index is 1480. The van der Waals surface area contributed by atoms with Gasteiger partial charge in [0.2, 0.25) is 5.95 Å². The first kappa shape index (κ1) is 22.4. The standard InChI is InChI=1S/C26H30N10/c1-17(2)35-16-30-23-24(31-26(32-25(23)35)34-11-8-20(27)9-12-34)29-13-18-5-3-4-6-22(18)36-15-19-7-10-28-14-21(19)33-36/h3-7,10,14-17,20H,8-9,11-13,27H2,1-2H3,(H,29,31,32). The summed E-state index contributed by atoms with van der Waals surface area (Å²) in [5, 5.41) is 9.33. The number of hydrogen-bond acceptors (Lipinski definition) is 8. The van der Waals surface area contributed by atoms with Gasteiger partial charge in [-0.25, -0.2) is 9.67 Å². The van der Waals surface area contributed by atoms with E-state index in [0.717, 1.165) is 71.0 Å². The Kier molecular flexibility index (Phi) is 5.73. The molecule has 184 valence electrons. The molecule has 3 N–H and O–H groups in total. The summed E-state index contributed by atoms with van der Waals surface area (Å²) in [6.07, 6.45) is 9.32. The highest BCUT2D eigenvalue weighted by Gasteiger charge is 2.22. The van der Waals surface area contributed by atoms with Gasteiger partial charge in [0.25, 0.3) is 0 Å². The van der Waals surface area contributed by atoms with E-state index in [4.69, 9.17) is 20.8 Å². The maximum atomic E-state index is 6.14. The van der Waals surface area contributed by atoms with Crippen LogP contribution in [0.1, 0.15) is 38.3 Å². The highest BCUT2D eigenvalue weighted by Crippen LogP contribution is 2.27. The van der Waals surface area contributed by atoms with Gasteiger partial charge in [0.1, 0.15) is 5.52 Å². The third kappa shape index (κ3) is 4.13. The Morgan fingerprint density at radius 1 is 1.11 bits per heavy atom. The molecule has 0 radical (unpaired) electrons. The molecule has 1 aromatic carbocycles. The largest absolute Gasteiger partial charge is 0.364 e. The smallest absolute Gasteiger partial charge is 0.229 e. The summed E-state index contributed by atoms with van der Waals surface area (Å²) in [6, 6.07) is 10.7. The van der Waals surface area contributed by atoms with Crippen molar-refractivity contribution in [3.05, 3.63) is 60.8 Å². The average molecular weight is 483 g/mol. The van der Waals surface area contributed by atoms with Crippen molar-refractivity contribution in [2.45, 2.75) is 45.3 Å². The number of fused-ring (bicyclic) bond motifs is 2. The van der Waals surface area contributed by atoms with E-state index >= 15 is 0 Å². The van der Waals surface area contributed by atoms with Crippen LogP contribution >= 0.6 is 0 Å². The third-order valence-electron chi connectivity index (χ3n) is 6.78. The lowest BCUT2D eigenvalue weighted by Crippen LogP contribution is -2.40. The number of hydrogen-bond donors (Lipinski definition) is 2. The Labute approximate surface area is 209 Å². The SMILES string of the molecule is CC(C)n1cnc2c(NCc3ccccc3-n3cc4ccncc4n3)nc(N3CCC(N)CC3)nc21. The summed E-state index contributed by atoms with van der Waals surface area (Å²) in [4.78, 5) is 20.9. The number of nitrogens with two attached hydrogens (primary N) is 1. The molecule has 5 aromatic rings. The molecule has 0 bridgehead atoms. The highest BCUT2D eigenvalue weighted by molar-refractivity contribution is 5.84. The van der Waals surface area contributed by atoms with Crippen LogP contribution in [0.15, 0.2) is 55.2 Å². The van der Waals surface area contributed by atoms with Crippen molar-refractivity contribution in [3.8, 4) is 5.69 Å². The number of nitrogens with one attached hydrogen (secondary N) is 1. The van der Waals surface area contributed by atoms with E-state index in [1.807, 2.05) is 35.4 Å². The van der Waals surface area contributed by atoms with Crippen molar-refractivity contribution in [2.75, 3.05) is 23.3 Å². The second-order valence-corrected chi connectivity index (χ2v) is 9.60. The molecule has 0 spiro atoms. The molecule has 10 nitrogen and oxygen atoms in total. The molecule has 0 atom stereocenters. The van der Waals surface area contributed by atoms with E-state index < -0.39 is 0 Å². The van der Waals surface area contributed by atoms with Crippen LogP contribution in [0.2, 0.25) is 0 Å². The fourth-order valence-electron chi connectivity index (χ4n) is 4.70. The predicted octanol–water partition coefficient (Wildman–Crippen LogP) is 3.68. The lowest BCUT2D eigenvalue weighted by Gasteiger charge is -2.30. The number of rotatable bonds is 6. The summed E-state index contributed by atoms with van der Waals surface area (Å²) in [6.45, 7) is 6.54. The summed E-state index contributed by atoms with van der Waals surface area (Å²) in [5.74, 6) is 1.45. The van der Waals surface area contributed by atoms with E-state index in [1.165, 1.54) is 0 Å². The molecule has 0 aliphatic carbocycles. The predicted molar refractivity (Wildman–Crippen MR) is 141 cm³/mol. The Hall–Kier alpha value is -4.05. The van der Waals surface area contributed by atoms with E-state index in [2.05, 4.69) is 50.7 Å². The number of anilines is 2. The lowest BCUT2D eigenvalue weighted by molar-refractivity contribution is 0.495. The van der Waals surface area contributed by atoms with Crippen LogP contribution < -0.4 is 16.0 Å². The number of imidazole rings is 1. The average Bonchev–Trinajstić information content (AvgIpc) is 3.52. The normalized spacial score (nSPS) is 14.8. The van der Waals surface area contributed by atoms with E-state index in [0.29, 0.717) is 6.54 Å². The molecule has 1 fully saturated rings. The molecule has 4 aromatic heterocycles. The van der Waals surface area contributed by atoms with Crippen LogP contribution in [0.25, 0.3) is 27.8 Å². The molecule has 10 heteroatoms. The fraction of sp³-hybridized carbons (Fsp3) is 0.346. The molecule has 5 heterocycles. The minimum atomic E-state index is 0.240. The van der Waals surface area contributed by atoms with Crippen LogP contribution in [0.3, 0.4) is 0 Å². The number of pyridine rings is 1. The maximum absolute atomic E-state index is 6.14. The molecule has 1 aliphatic heterocycles. The molecule has 0 unspecified atom stereocenters. The number of aromatic nitrogens is 7. The van der Waals surface area contributed by atoms with Gasteiger partial charge in [-0.05, 0) is 44.4 Å². The minimum absolute atomic E-state index is 0.240. The van der Waals surface area contributed by atoms with E-state index in [-0.39, 0.29) is 12.1 Å². The zero-order valence-corrected chi connectivity index (χ0v) is 20.5. The monoisotopic (exact) mass is 482 g/mol. The van der Waals surface area contributed by atoms with E-state index in [9.17, 15) is 0 Å². The van der Waals surface area contributed by atoms with Gasteiger partial charge in [-0.2, -0.15) is 15.1 Å². The molecular formula is C26H30N10. The first-order valence-corrected chi connectivity index (χ1v) is 12.4. The zero-order valence-electron chi connectivity index (χ0n) is 20.5. The topological polar surface area (TPSA) is 116 Å². The zero-order chi connectivity index (χ0) is 24.6. The summed E-state index contributed by atoms with van der Waals surface area (Å²) < 4.78 is 4.01. The van der Waals surface area contributed by atoms with Crippen molar-refractivity contribution >= 4 is 33.8 Å². The number of nitrogens with zero attached hydrogens (tertiary/aromatic N) is 8. The van der Waals surface area contributed by atoms with E-state index in [1.54, 1.807) is 12.4 Å². The van der Waals surface area contributed by atoms with Gasteiger partial charge in [-0.15, -0.1) is 0 Å². The third-order valence-corrected chi connectivity index (χ3v) is 6.78. The van der Waals surface area contributed by atoms with Gasteiger partial charge in [0.05, 0.1) is 18.2 Å². The Morgan fingerprint density at radius 2 is 1.94 bits per heavy atom. The lowest BCUT2D eigenvalue weighted by atomic mass is 10.1. The van der Waals surface area contributed by atoms with Crippen LogP contribution in [-0.4, -0.2) is 53.4 Å². The Balaban J connectivity index is 1.35. The fourth-order valence-corrected chi connectivity index (χ4v) is 4.70. The quantitative estimate of drug-likeness (QED) is 0.377.